The molecule has 0 bridgehead atoms. The number of thiazole rings is 1. The third-order valence-corrected chi connectivity index (χ3v) is 5.24. The van der Waals surface area contributed by atoms with Gasteiger partial charge in [0.1, 0.15) is 5.01 Å². The van der Waals surface area contributed by atoms with Crippen LogP contribution in [-0.2, 0) is 23.9 Å². The first kappa shape index (κ1) is 20.9. The zero-order valence-electron chi connectivity index (χ0n) is 16.0. The molecule has 0 atom stereocenters. The van der Waals surface area contributed by atoms with Crippen LogP contribution < -0.4 is 10.2 Å². The van der Waals surface area contributed by atoms with Crippen molar-refractivity contribution in [3.8, 4) is 10.6 Å². The van der Waals surface area contributed by atoms with Gasteiger partial charge in [-0.1, -0.05) is 24.3 Å². The maximum atomic E-state index is 12.7. The van der Waals surface area contributed by atoms with Gasteiger partial charge in [-0.05, 0) is 29.8 Å². The Morgan fingerprint density at radius 1 is 1.07 bits per heavy atom. The van der Waals surface area contributed by atoms with Crippen LogP contribution in [0.2, 0.25) is 0 Å². The van der Waals surface area contributed by atoms with Crippen LogP contribution in [0, 0.1) is 0 Å². The van der Waals surface area contributed by atoms with Gasteiger partial charge in [-0.3, -0.25) is 4.79 Å². The molecule has 0 radical (unpaired) electrons. The third-order valence-electron chi connectivity index (χ3n) is 4.30. The molecule has 29 heavy (non-hydrogen) atoms. The summed E-state index contributed by atoms with van der Waals surface area (Å²) in [6.45, 7) is 0.419. The smallest absolute Gasteiger partial charge is 0.378 e. The van der Waals surface area contributed by atoms with E-state index in [0.717, 1.165) is 23.4 Å². The van der Waals surface area contributed by atoms with Crippen molar-refractivity contribution < 1.29 is 18.0 Å². The Kier molecular flexibility index (Phi) is 6.22. The molecular formula is C21H20F3N3OS. The van der Waals surface area contributed by atoms with Crippen molar-refractivity contribution in [2.45, 2.75) is 19.1 Å². The second kappa shape index (κ2) is 8.65. The molecular weight excluding hydrogens is 399 g/mol. The molecule has 1 amide bonds. The number of carbonyl (C=O) groups excluding carboxylic acids is 1. The van der Waals surface area contributed by atoms with Crippen LogP contribution in [-0.4, -0.2) is 25.0 Å². The molecule has 4 nitrogen and oxygen atoms in total. The summed E-state index contributed by atoms with van der Waals surface area (Å²) in [6.07, 6.45) is -4.25. The maximum absolute atomic E-state index is 12.7. The van der Waals surface area contributed by atoms with Gasteiger partial charge in [0.25, 0.3) is 0 Å². The molecule has 0 aliphatic rings. The van der Waals surface area contributed by atoms with Gasteiger partial charge in [-0.2, -0.15) is 13.2 Å². The van der Waals surface area contributed by atoms with Crippen LogP contribution in [0.3, 0.4) is 0 Å². The summed E-state index contributed by atoms with van der Waals surface area (Å²) >= 11 is 1.30. The highest BCUT2D eigenvalue weighted by Gasteiger charge is 2.30. The Morgan fingerprint density at radius 3 is 2.31 bits per heavy atom. The Bertz CT molecular complexity index is 964. The molecule has 8 heteroatoms. The lowest BCUT2D eigenvalue weighted by atomic mass is 10.1. The number of benzene rings is 2. The number of carbonyl (C=O) groups is 1. The number of nitrogens with one attached hydrogen (secondary N) is 1. The first-order valence-corrected chi connectivity index (χ1v) is 9.75. The SMILES string of the molecule is CN(C)c1ccc(CNC(=O)Cc2csc(-c3ccc(C(F)(F)F)cc3)n2)cc1. The summed E-state index contributed by atoms with van der Waals surface area (Å²) in [5.41, 5.74) is 2.56. The van der Waals surface area contributed by atoms with Crippen LogP contribution in [0.5, 0.6) is 0 Å². The second-order valence-corrected chi connectivity index (χ2v) is 7.59. The third kappa shape index (κ3) is 5.57. The highest BCUT2D eigenvalue weighted by molar-refractivity contribution is 7.13. The van der Waals surface area contributed by atoms with E-state index in [1.807, 2.05) is 43.3 Å². The molecule has 0 saturated carbocycles. The number of alkyl halides is 3. The average molecular weight is 419 g/mol. The van der Waals surface area contributed by atoms with E-state index in [-0.39, 0.29) is 12.3 Å². The number of hydrogen-bond donors (Lipinski definition) is 1. The predicted octanol–water partition coefficient (Wildman–Crippen LogP) is 4.75. The number of anilines is 1. The highest BCUT2D eigenvalue weighted by atomic mass is 32.1. The Morgan fingerprint density at radius 2 is 1.72 bits per heavy atom. The first-order chi connectivity index (χ1) is 13.7. The van der Waals surface area contributed by atoms with Gasteiger partial charge in [0, 0.05) is 37.3 Å². The van der Waals surface area contributed by atoms with Gasteiger partial charge in [-0.15, -0.1) is 11.3 Å². The topological polar surface area (TPSA) is 45.2 Å². The molecule has 0 unspecified atom stereocenters. The lowest BCUT2D eigenvalue weighted by molar-refractivity contribution is -0.137. The lowest BCUT2D eigenvalue weighted by Gasteiger charge is -2.12. The molecule has 3 rings (SSSR count). The molecule has 1 N–H and O–H groups in total. The van der Waals surface area contributed by atoms with E-state index < -0.39 is 11.7 Å². The normalized spacial score (nSPS) is 11.3. The molecule has 1 heterocycles. The van der Waals surface area contributed by atoms with Crippen molar-refractivity contribution in [3.05, 3.63) is 70.7 Å². The monoisotopic (exact) mass is 419 g/mol. The fraction of sp³-hybridized carbons (Fsp3) is 0.238. The molecule has 0 aliphatic carbocycles. The van der Waals surface area contributed by atoms with Crippen LogP contribution in [0.15, 0.2) is 53.9 Å². The Labute approximate surface area is 171 Å². The molecule has 152 valence electrons. The van der Waals surface area contributed by atoms with Crippen molar-refractivity contribution in [3.63, 3.8) is 0 Å². The minimum atomic E-state index is -4.36. The minimum absolute atomic E-state index is 0.118. The van der Waals surface area contributed by atoms with Gasteiger partial charge >= 0.3 is 6.18 Å². The maximum Gasteiger partial charge on any atom is 0.416 e. The van der Waals surface area contributed by atoms with E-state index in [0.29, 0.717) is 22.8 Å². The number of aromatic nitrogens is 1. The summed E-state index contributed by atoms with van der Waals surface area (Å²) in [5, 5.41) is 5.19. The van der Waals surface area contributed by atoms with Crippen molar-refractivity contribution in [2.24, 2.45) is 0 Å². The van der Waals surface area contributed by atoms with Crippen molar-refractivity contribution in [1.29, 1.82) is 0 Å². The lowest BCUT2D eigenvalue weighted by Crippen LogP contribution is -2.24. The van der Waals surface area contributed by atoms with E-state index in [4.69, 9.17) is 0 Å². The van der Waals surface area contributed by atoms with Crippen molar-refractivity contribution in [1.82, 2.24) is 10.3 Å². The average Bonchev–Trinajstić information content (AvgIpc) is 3.14. The summed E-state index contributed by atoms with van der Waals surface area (Å²) in [7, 11) is 3.92. The molecule has 2 aromatic carbocycles. The number of nitrogens with zero attached hydrogens (tertiary/aromatic N) is 2. The number of halogens is 3. The van der Waals surface area contributed by atoms with Crippen LogP contribution in [0.1, 0.15) is 16.8 Å². The van der Waals surface area contributed by atoms with Gasteiger partial charge in [0.05, 0.1) is 17.7 Å². The molecule has 0 spiro atoms. The number of rotatable bonds is 6. The van der Waals surface area contributed by atoms with Crippen LogP contribution in [0.4, 0.5) is 18.9 Å². The summed E-state index contributed by atoms with van der Waals surface area (Å²) < 4.78 is 38.0. The van der Waals surface area contributed by atoms with E-state index >= 15 is 0 Å². The quantitative estimate of drug-likeness (QED) is 0.627. The minimum Gasteiger partial charge on any atom is -0.378 e. The fourth-order valence-corrected chi connectivity index (χ4v) is 3.49. The number of amides is 1. The molecule has 0 aliphatic heterocycles. The molecule has 0 saturated heterocycles. The van der Waals surface area contributed by atoms with E-state index in [2.05, 4.69) is 10.3 Å². The van der Waals surface area contributed by atoms with Crippen molar-refractivity contribution in [2.75, 3.05) is 19.0 Å². The largest absolute Gasteiger partial charge is 0.416 e. The fourth-order valence-electron chi connectivity index (χ4n) is 2.66. The Balaban J connectivity index is 1.56. The van der Waals surface area contributed by atoms with E-state index in [9.17, 15) is 18.0 Å². The van der Waals surface area contributed by atoms with Gasteiger partial charge in [0.2, 0.25) is 5.91 Å². The standard InChI is InChI=1S/C21H20F3N3OS/c1-27(2)18-9-3-14(4-10-18)12-25-19(28)11-17-13-29-20(26-17)15-5-7-16(8-6-15)21(22,23)24/h3-10,13H,11-12H2,1-2H3,(H,25,28). The van der Waals surface area contributed by atoms with Gasteiger partial charge < -0.3 is 10.2 Å². The highest BCUT2D eigenvalue weighted by Crippen LogP contribution is 2.31. The number of hydrogen-bond acceptors (Lipinski definition) is 4. The van der Waals surface area contributed by atoms with Gasteiger partial charge in [-0.25, -0.2) is 4.98 Å². The van der Waals surface area contributed by atoms with Crippen LogP contribution in [0.25, 0.3) is 10.6 Å². The first-order valence-electron chi connectivity index (χ1n) is 8.87. The zero-order chi connectivity index (χ0) is 21.0. The summed E-state index contributed by atoms with van der Waals surface area (Å²) in [6, 6.07) is 12.7. The predicted molar refractivity (Wildman–Crippen MR) is 109 cm³/mol. The van der Waals surface area contributed by atoms with Gasteiger partial charge in [0.15, 0.2) is 0 Å². The Hall–Kier alpha value is -2.87. The zero-order valence-corrected chi connectivity index (χ0v) is 16.8. The molecule has 3 aromatic rings. The van der Waals surface area contributed by atoms with E-state index in [1.54, 1.807) is 5.38 Å². The second-order valence-electron chi connectivity index (χ2n) is 6.73. The van der Waals surface area contributed by atoms with E-state index in [1.165, 1.54) is 23.5 Å². The van der Waals surface area contributed by atoms with Crippen LogP contribution >= 0.6 is 11.3 Å². The summed E-state index contributed by atoms with van der Waals surface area (Å²) in [5.74, 6) is -0.161. The van der Waals surface area contributed by atoms with Crippen molar-refractivity contribution >= 4 is 22.9 Å². The molecule has 0 fully saturated rings. The summed E-state index contributed by atoms with van der Waals surface area (Å²) in [4.78, 5) is 18.6. The molecule has 1 aromatic heterocycles.